The first-order valence-electron chi connectivity index (χ1n) is 11.7. The Morgan fingerprint density at radius 1 is 1.17 bits per heavy atom. The van der Waals surface area contributed by atoms with Crippen LogP contribution in [0.5, 0.6) is 11.5 Å². The van der Waals surface area contributed by atoms with Gasteiger partial charge in [0.15, 0.2) is 29.8 Å². The van der Waals surface area contributed by atoms with E-state index in [4.69, 9.17) is 18.9 Å². The summed E-state index contributed by atoms with van der Waals surface area (Å²) in [6, 6.07) is 3.29. The number of ether oxygens (including phenoxy) is 4. The molecule has 0 amide bonds. The topological polar surface area (TPSA) is 132 Å². The number of carbonyl (C=O) groups excluding carboxylic acids is 3. The summed E-state index contributed by atoms with van der Waals surface area (Å²) in [4.78, 5) is 38.2. The van der Waals surface area contributed by atoms with E-state index in [9.17, 15) is 24.6 Å². The number of phenolic OH excluding ortho intramolecular Hbond substituents is 1. The zero-order chi connectivity index (χ0) is 25.3. The smallest absolute Gasteiger partial charge is 0.352 e. The molecule has 1 aromatic carbocycles. The van der Waals surface area contributed by atoms with Crippen LogP contribution in [0, 0.1) is 0 Å². The third-order valence-electron chi connectivity index (χ3n) is 7.87. The number of likely N-dealkylation sites (N-methyl/N-ethyl adjacent to an activating group) is 1. The lowest BCUT2D eigenvalue weighted by molar-refractivity contribution is -0.179. The average molecular weight is 488 g/mol. The number of likely N-dealkylation sites (tertiary alicyclic amines) is 1. The van der Waals surface area contributed by atoms with Gasteiger partial charge in [-0.2, -0.15) is 0 Å². The summed E-state index contributed by atoms with van der Waals surface area (Å²) >= 11 is 0. The van der Waals surface area contributed by atoms with Crippen molar-refractivity contribution in [2.75, 3.05) is 13.6 Å². The molecule has 2 heterocycles. The van der Waals surface area contributed by atoms with Gasteiger partial charge in [-0.15, -0.1) is 0 Å². The summed E-state index contributed by atoms with van der Waals surface area (Å²) in [5.74, 6) is -1.85. The normalized spacial score (nSPS) is 31.9. The van der Waals surface area contributed by atoms with Gasteiger partial charge in [-0.25, -0.2) is 9.59 Å². The lowest BCUT2D eigenvalue weighted by atomic mass is 9.50. The number of aliphatic hydroxyl groups is 1. The predicted molar refractivity (Wildman–Crippen MR) is 119 cm³/mol. The Balaban J connectivity index is 1.43. The molecular formula is C25H29NO9. The molecule has 35 heavy (non-hydrogen) atoms. The summed E-state index contributed by atoms with van der Waals surface area (Å²) in [6.07, 6.45) is -0.227. The summed E-state index contributed by atoms with van der Waals surface area (Å²) in [5, 5.41) is 22.7. The van der Waals surface area contributed by atoms with Crippen LogP contribution < -0.4 is 4.74 Å². The highest BCUT2D eigenvalue weighted by Crippen LogP contribution is 2.65. The minimum absolute atomic E-state index is 0.0281. The van der Waals surface area contributed by atoms with E-state index in [1.54, 1.807) is 12.1 Å². The molecule has 1 aromatic rings. The van der Waals surface area contributed by atoms with Gasteiger partial charge in [0.1, 0.15) is 5.76 Å². The van der Waals surface area contributed by atoms with E-state index in [0.29, 0.717) is 25.1 Å². The van der Waals surface area contributed by atoms with E-state index in [1.807, 2.05) is 13.1 Å². The molecule has 2 aliphatic carbocycles. The molecule has 4 aliphatic rings. The van der Waals surface area contributed by atoms with Crippen LogP contribution in [0.15, 0.2) is 24.0 Å². The second-order valence-corrected chi connectivity index (χ2v) is 9.85. The van der Waals surface area contributed by atoms with Gasteiger partial charge in [-0.05, 0) is 58.0 Å². The van der Waals surface area contributed by atoms with E-state index in [0.717, 1.165) is 11.1 Å². The lowest BCUT2D eigenvalue weighted by Gasteiger charge is -2.61. The van der Waals surface area contributed by atoms with Crippen molar-refractivity contribution in [1.29, 1.82) is 0 Å². The Morgan fingerprint density at radius 3 is 2.60 bits per heavy atom. The van der Waals surface area contributed by atoms with Crippen molar-refractivity contribution < 1.29 is 43.5 Å². The lowest BCUT2D eigenvalue weighted by Crippen LogP contribution is -2.74. The number of rotatable bonds is 5. The number of hydrogen-bond donors (Lipinski definition) is 2. The molecule has 2 aliphatic heterocycles. The van der Waals surface area contributed by atoms with E-state index in [-0.39, 0.29) is 24.0 Å². The number of esters is 3. The number of nitrogens with zero attached hydrogens (tertiary/aromatic N) is 1. The third-order valence-corrected chi connectivity index (χ3v) is 7.87. The van der Waals surface area contributed by atoms with Gasteiger partial charge in [0.05, 0.1) is 11.0 Å². The zero-order valence-corrected chi connectivity index (χ0v) is 20.1. The fraction of sp³-hybridized carbons (Fsp3) is 0.560. The van der Waals surface area contributed by atoms with Crippen molar-refractivity contribution in [3.8, 4) is 11.5 Å². The van der Waals surface area contributed by atoms with Crippen LogP contribution in [0.3, 0.4) is 0 Å². The molecule has 10 heteroatoms. The summed E-state index contributed by atoms with van der Waals surface area (Å²) < 4.78 is 21.8. The van der Waals surface area contributed by atoms with Crippen molar-refractivity contribution in [3.63, 3.8) is 0 Å². The molecule has 1 unspecified atom stereocenters. The molecule has 5 rings (SSSR count). The zero-order valence-electron chi connectivity index (χ0n) is 20.1. The van der Waals surface area contributed by atoms with Gasteiger partial charge in [0.2, 0.25) is 0 Å². The van der Waals surface area contributed by atoms with Gasteiger partial charge in [-0.3, -0.25) is 4.79 Å². The SMILES string of the molecule is CC(=O)O[C@@H](C)C(=O)OC(C)C(=O)OC1=CC[C@@]2(O)[C@H]3Cc4ccc(O)c5c4[C@@]2(CCN3C)[C@H]1O5. The summed E-state index contributed by atoms with van der Waals surface area (Å²) in [5.41, 5.74) is -0.286. The summed E-state index contributed by atoms with van der Waals surface area (Å²) in [7, 11) is 1.98. The maximum absolute atomic E-state index is 12.9. The molecule has 2 bridgehead atoms. The second kappa shape index (κ2) is 7.96. The number of benzene rings is 1. The van der Waals surface area contributed by atoms with Gasteiger partial charge in [-0.1, -0.05) is 6.07 Å². The predicted octanol–water partition coefficient (Wildman–Crippen LogP) is 1.10. The van der Waals surface area contributed by atoms with Crippen LogP contribution in [-0.2, 0) is 40.4 Å². The molecule has 6 atom stereocenters. The minimum atomic E-state index is -1.27. The average Bonchev–Trinajstić information content (AvgIpc) is 3.15. The summed E-state index contributed by atoms with van der Waals surface area (Å²) in [6.45, 7) is 4.57. The molecule has 188 valence electrons. The van der Waals surface area contributed by atoms with Gasteiger partial charge in [0, 0.05) is 24.9 Å². The highest BCUT2D eigenvalue weighted by atomic mass is 16.6. The Morgan fingerprint density at radius 2 is 1.89 bits per heavy atom. The highest BCUT2D eigenvalue weighted by molar-refractivity contribution is 5.83. The number of piperidine rings is 1. The van der Waals surface area contributed by atoms with Crippen LogP contribution >= 0.6 is 0 Å². The molecule has 0 saturated carbocycles. The first-order valence-corrected chi connectivity index (χ1v) is 11.7. The van der Waals surface area contributed by atoms with Crippen molar-refractivity contribution in [2.45, 2.75) is 75.4 Å². The highest BCUT2D eigenvalue weighted by Gasteiger charge is 2.72. The fourth-order valence-corrected chi connectivity index (χ4v) is 6.25. The molecule has 2 N–H and O–H groups in total. The first kappa shape index (κ1) is 23.6. The van der Waals surface area contributed by atoms with Crippen LogP contribution in [-0.4, -0.2) is 76.6 Å². The molecule has 1 fully saturated rings. The van der Waals surface area contributed by atoms with Crippen LogP contribution in [0.4, 0.5) is 0 Å². The molecule has 10 nitrogen and oxygen atoms in total. The van der Waals surface area contributed by atoms with Gasteiger partial charge < -0.3 is 34.1 Å². The van der Waals surface area contributed by atoms with Crippen molar-refractivity contribution >= 4 is 17.9 Å². The number of hydrogen-bond acceptors (Lipinski definition) is 10. The maximum Gasteiger partial charge on any atom is 0.352 e. The van der Waals surface area contributed by atoms with Crippen molar-refractivity contribution in [1.82, 2.24) is 4.90 Å². The molecule has 0 radical (unpaired) electrons. The number of carbonyl (C=O) groups is 3. The Hall–Kier alpha value is -3.11. The Kier molecular flexibility index (Phi) is 5.37. The van der Waals surface area contributed by atoms with E-state index >= 15 is 0 Å². The second-order valence-electron chi connectivity index (χ2n) is 9.85. The maximum atomic E-state index is 12.9. The monoisotopic (exact) mass is 487 g/mol. The molecule has 1 saturated heterocycles. The Labute approximate surface area is 202 Å². The van der Waals surface area contributed by atoms with Crippen LogP contribution in [0.1, 0.15) is 44.7 Å². The van der Waals surface area contributed by atoms with E-state index in [1.165, 1.54) is 20.8 Å². The van der Waals surface area contributed by atoms with Gasteiger partial charge >= 0.3 is 17.9 Å². The van der Waals surface area contributed by atoms with Crippen molar-refractivity contribution in [2.24, 2.45) is 0 Å². The fourth-order valence-electron chi connectivity index (χ4n) is 6.25. The van der Waals surface area contributed by atoms with E-state index < -0.39 is 47.2 Å². The van der Waals surface area contributed by atoms with Crippen LogP contribution in [0.2, 0.25) is 0 Å². The number of aromatic hydroxyl groups is 1. The van der Waals surface area contributed by atoms with Gasteiger partial charge in [0.25, 0.3) is 0 Å². The third kappa shape index (κ3) is 3.26. The molecule has 1 spiro atoms. The molecular weight excluding hydrogens is 458 g/mol. The number of phenols is 1. The van der Waals surface area contributed by atoms with Crippen molar-refractivity contribution in [3.05, 3.63) is 35.1 Å². The van der Waals surface area contributed by atoms with Crippen LogP contribution in [0.25, 0.3) is 0 Å². The standard InChI is InChI=1S/C25H29NO9/c1-12(32-14(3)27)22(29)33-13(2)23(30)34-17-7-8-25(31)18-11-15-5-6-16(28)20-19(15)24(25,21(17)35-20)9-10-26(18)4/h5-7,12-13,18,21,28,31H,8-11H2,1-4H3/t12-,13?,18+,21-,24-,25+/m0/s1. The Bertz CT molecular complexity index is 1150. The first-order chi connectivity index (χ1) is 16.5. The molecule has 0 aromatic heterocycles. The largest absolute Gasteiger partial charge is 0.504 e. The quantitative estimate of drug-likeness (QED) is 0.460. The van der Waals surface area contributed by atoms with E-state index in [2.05, 4.69) is 4.90 Å². The minimum Gasteiger partial charge on any atom is -0.504 e.